The fourth-order valence-electron chi connectivity index (χ4n) is 5.61. The third-order valence-electron chi connectivity index (χ3n) is 7.33. The molecule has 1 atom stereocenters. The molecular formula is C31H44N2O5. The second kappa shape index (κ2) is 13.7. The summed E-state index contributed by atoms with van der Waals surface area (Å²) in [5, 5.41) is 0. The first-order valence-electron chi connectivity index (χ1n) is 14.4. The summed E-state index contributed by atoms with van der Waals surface area (Å²) in [6.45, 7) is 13.4. The maximum Gasteiger partial charge on any atom is 0.237 e. The lowest BCUT2D eigenvalue weighted by molar-refractivity contribution is -0.135. The summed E-state index contributed by atoms with van der Waals surface area (Å²) < 4.78 is 23.6. The van der Waals surface area contributed by atoms with Gasteiger partial charge in [-0.15, -0.1) is 0 Å². The van der Waals surface area contributed by atoms with Gasteiger partial charge in [0, 0.05) is 6.54 Å². The Morgan fingerprint density at radius 2 is 1.37 bits per heavy atom. The first kappa shape index (κ1) is 28.1. The molecule has 2 aliphatic heterocycles. The van der Waals surface area contributed by atoms with E-state index in [2.05, 4.69) is 34.1 Å². The molecule has 7 nitrogen and oxygen atoms in total. The SMILES string of the molecule is CCOc1ccc(C[C@@H]2c3cc(OCC)c(OCC)cc3CCN2C(=O)CN2CCCCC2)cc1OCC. The minimum Gasteiger partial charge on any atom is -0.490 e. The summed E-state index contributed by atoms with van der Waals surface area (Å²) in [7, 11) is 0. The molecule has 0 radical (unpaired) electrons. The van der Waals surface area contributed by atoms with Crippen molar-refractivity contribution in [1.82, 2.24) is 9.80 Å². The Labute approximate surface area is 228 Å². The van der Waals surface area contributed by atoms with Crippen molar-refractivity contribution in [1.29, 1.82) is 0 Å². The van der Waals surface area contributed by atoms with E-state index in [4.69, 9.17) is 18.9 Å². The van der Waals surface area contributed by atoms with Crippen LogP contribution >= 0.6 is 0 Å². The molecule has 4 rings (SSSR count). The van der Waals surface area contributed by atoms with Crippen molar-refractivity contribution in [3.63, 3.8) is 0 Å². The molecule has 2 aromatic rings. The molecule has 1 amide bonds. The van der Waals surface area contributed by atoms with Gasteiger partial charge in [-0.05, 0) is 107 Å². The number of piperidine rings is 1. The molecule has 2 aliphatic rings. The molecule has 0 bridgehead atoms. The minimum atomic E-state index is -0.0988. The van der Waals surface area contributed by atoms with Gasteiger partial charge in [0.15, 0.2) is 23.0 Å². The number of hydrogen-bond acceptors (Lipinski definition) is 6. The van der Waals surface area contributed by atoms with Crippen molar-refractivity contribution in [2.45, 2.75) is 65.8 Å². The van der Waals surface area contributed by atoms with Gasteiger partial charge in [0.25, 0.3) is 0 Å². The van der Waals surface area contributed by atoms with E-state index < -0.39 is 0 Å². The van der Waals surface area contributed by atoms with E-state index in [0.717, 1.165) is 53.6 Å². The summed E-state index contributed by atoms with van der Waals surface area (Å²) in [5.74, 6) is 3.21. The molecule has 1 fully saturated rings. The molecule has 0 aromatic heterocycles. The number of rotatable bonds is 12. The standard InChI is InChI=1S/C31H44N2O5/c1-5-35-27-13-12-23(19-28(27)36-6-2)18-26-25-21-30(38-8-4)29(37-7-3)20-24(25)14-17-33(26)31(34)22-32-15-10-9-11-16-32/h12-13,19-21,26H,5-11,14-18,22H2,1-4H3/t26-/m1/s1. The summed E-state index contributed by atoms with van der Waals surface area (Å²) in [5.41, 5.74) is 3.47. The molecule has 1 saturated heterocycles. The highest BCUT2D eigenvalue weighted by atomic mass is 16.5. The fourth-order valence-corrected chi connectivity index (χ4v) is 5.61. The van der Waals surface area contributed by atoms with Crippen molar-refractivity contribution in [3.8, 4) is 23.0 Å². The third-order valence-corrected chi connectivity index (χ3v) is 7.33. The molecular weight excluding hydrogens is 480 g/mol. The summed E-state index contributed by atoms with van der Waals surface area (Å²) >= 11 is 0. The molecule has 0 aliphatic carbocycles. The number of likely N-dealkylation sites (tertiary alicyclic amines) is 1. The second-order valence-corrected chi connectivity index (χ2v) is 9.90. The van der Waals surface area contributed by atoms with E-state index in [-0.39, 0.29) is 11.9 Å². The average molecular weight is 525 g/mol. The van der Waals surface area contributed by atoms with E-state index >= 15 is 0 Å². The molecule has 7 heteroatoms. The Kier molecular flexibility index (Phi) is 10.2. The van der Waals surface area contributed by atoms with Crippen LogP contribution in [0.1, 0.15) is 69.7 Å². The van der Waals surface area contributed by atoms with Crippen LogP contribution in [0, 0.1) is 0 Å². The Balaban J connectivity index is 1.69. The monoisotopic (exact) mass is 524 g/mol. The topological polar surface area (TPSA) is 60.5 Å². The van der Waals surface area contributed by atoms with E-state index in [1.54, 1.807) is 0 Å². The predicted octanol–water partition coefficient (Wildman–Crippen LogP) is 5.44. The minimum absolute atomic E-state index is 0.0988. The predicted molar refractivity (Wildman–Crippen MR) is 150 cm³/mol. The summed E-state index contributed by atoms with van der Waals surface area (Å²) in [6, 6.07) is 10.3. The van der Waals surface area contributed by atoms with Crippen molar-refractivity contribution in [2.24, 2.45) is 0 Å². The molecule has 0 spiro atoms. The highest BCUT2D eigenvalue weighted by molar-refractivity contribution is 5.79. The molecule has 0 N–H and O–H groups in total. The molecule has 2 aromatic carbocycles. The lowest BCUT2D eigenvalue weighted by Crippen LogP contribution is -2.46. The smallest absolute Gasteiger partial charge is 0.237 e. The van der Waals surface area contributed by atoms with Crippen LogP contribution in [0.2, 0.25) is 0 Å². The largest absolute Gasteiger partial charge is 0.490 e. The van der Waals surface area contributed by atoms with Crippen LogP contribution in [0.4, 0.5) is 0 Å². The number of fused-ring (bicyclic) bond motifs is 1. The number of ether oxygens (including phenoxy) is 4. The summed E-state index contributed by atoms with van der Waals surface area (Å²) in [4.78, 5) is 18.1. The first-order valence-corrected chi connectivity index (χ1v) is 14.4. The second-order valence-electron chi connectivity index (χ2n) is 9.90. The Bertz CT molecular complexity index is 1070. The van der Waals surface area contributed by atoms with Crippen molar-refractivity contribution < 1.29 is 23.7 Å². The number of benzene rings is 2. The normalized spacial score (nSPS) is 17.6. The van der Waals surface area contributed by atoms with Crippen LogP contribution in [0.3, 0.4) is 0 Å². The number of amides is 1. The quantitative estimate of drug-likeness (QED) is 0.369. The maximum atomic E-state index is 13.7. The van der Waals surface area contributed by atoms with E-state index in [1.807, 2.05) is 33.8 Å². The lowest BCUT2D eigenvalue weighted by atomic mass is 9.88. The number of nitrogens with zero attached hydrogens (tertiary/aromatic N) is 2. The summed E-state index contributed by atoms with van der Waals surface area (Å²) in [6.07, 6.45) is 5.09. The molecule has 2 heterocycles. The van der Waals surface area contributed by atoms with Crippen molar-refractivity contribution >= 4 is 5.91 Å². The molecule has 38 heavy (non-hydrogen) atoms. The van der Waals surface area contributed by atoms with Gasteiger partial charge in [-0.3, -0.25) is 9.69 Å². The van der Waals surface area contributed by atoms with Gasteiger partial charge in [0.2, 0.25) is 5.91 Å². The maximum absolute atomic E-state index is 13.7. The Hall–Kier alpha value is -2.93. The molecule has 0 saturated carbocycles. The highest BCUT2D eigenvalue weighted by Crippen LogP contribution is 2.41. The van der Waals surface area contributed by atoms with Gasteiger partial charge in [-0.1, -0.05) is 12.5 Å². The van der Waals surface area contributed by atoms with Crippen LogP contribution in [-0.4, -0.2) is 68.3 Å². The first-order chi connectivity index (χ1) is 18.6. The van der Waals surface area contributed by atoms with Gasteiger partial charge in [-0.2, -0.15) is 0 Å². The zero-order valence-electron chi connectivity index (χ0n) is 23.6. The van der Waals surface area contributed by atoms with Crippen LogP contribution in [0.15, 0.2) is 30.3 Å². The van der Waals surface area contributed by atoms with Gasteiger partial charge in [0.05, 0.1) is 39.0 Å². The third kappa shape index (κ3) is 6.73. The zero-order valence-corrected chi connectivity index (χ0v) is 23.6. The fraction of sp³-hybridized carbons (Fsp3) is 0.581. The molecule has 208 valence electrons. The van der Waals surface area contributed by atoms with E-state index in [1.165, 1.54) is 24.8 Å². The van der Waals surface area contributed by atoms with Gasteiger partial charge < -0.3 is 23.8 Å². The average Bonchev–Trinajstić information content (AvgIpc) is 2.92. The number of carbonyl (C=O) groups excluding carboxylic acids is 1. The van der Waals surface area contributed by atoms with Gasteiger partial charge in [-0.25, -0.2) is 0 Å². The molecule has 0 unspecified atom stereocenters. The van der Waals surface area contributed by atoms with Crippen LogP contribution in [-0.2, 0) is 17.6 Å². The van der Waals surface area contributed by atoms with Gasteiger partial charge >= 0.3 is 0 Å². The zero-order chi connectivity index (χ0) is 26.9. The van der Waals surface area contributed by atoms with Crippen molar-refractivity contribution in [2.75, 3.05) is 52.6 Å². The van der Waals surface area contributed by atoms with Crippen LogP contribution in [0.25, 0.3) is 0 Å². The van der Waals surface area contributed by atoms with Gasteiger partial charge in [0.1, 0.15) is 0 Å². The van der Waals surface area contributed by atoms with Crippen molar-refractivity contribution in [3.05, 3.63) is 47.0 Å². The van der Waals surface area contributed by atoms with E-state index in [0.29, 0.717) is 45.9 Å². The van der Waals surface area contributed by atoms with Crippen LogP contribution in [0.5, 0.6) is 23.0 Å². The Morgan fingerprint density at radius 1 is 0.763 bits per heavy atom. The number of carbonyl (C=O) groups is 1. The van der Waals surface area contributed by atoms with Crippen LogP contribution < -0.4 is 18.9 Å². The van der Waals surface area contributed by atoms with E-state index in [9.17, 15) is 4.79 Å². The highest BCUT2D eigenvalue weighted by Gasteiger charge is 2.33. The Morgan fingerprint density at radius 3 is 2.03 bits per heavy atom. The number of hydrogen-bond donors (Lipinski definition) is 0. The lowest BCUT2D eigenvalue weighted by Gasteiger charge is -2.39.